The van der Waals surface area contributed by atoms with Gasteiger partial charge >= 0.3 is 0 Å². The van der Waals surface area contributed by atoms with Gasteiger partial charge in [-0.15, -0.1) is 0 Å². The topological polar surface area (TPSA) is 108 Å². The van der Waals surface area contributed by atoms with Crippen molar-refractivity contribution in [3.05, 3.63) is 50.6 Å². The van der Waals surface area contributed by atoms with Crippen molar-refractivity contribution in [1.82, 2.24) is 20.4 Å². The Morgan fingerprint density at radius 3 is 1.89 bits per heavy atom. The number of nitrogens with one attached hydrogen (secondary N) is 2. The largest absolute Gasteiger partial charge is 0.350 e. The van der Waals surface area contributed by atoms with Crippen LogP contribution in [0.5, 0.6) is 0 Å². The van der Waals surface area contributed by atoms with Crippen LogP contribution in [0, 0.1) is 48.5 Å². The molecule has 1 saturated heterocycles. The second kappa shape index (κ2) is 14.5. The van der Waals surface area contributed by atoms with E-state index in [2.05, 4.69) is 137 Å². The fourth-order valence-electron chi connectivity index (χ4n) is 8.73. The Morgan fingerprint density at radius 1 is 0.811 bits per heavy atom. The van der Waals surface area contributed by atoms with Gasteiger partial charge < -0.3 is 9.64 Å². The summed E-state index contributed by atoms with van der Waals surface area (Å²) in [6, 6.07) is 1.96. The number of fused-ring (bicyclic) bond motifs is 2. The van der Waals surface area contributed by atoms with E-state index in [1.807, 2.05) is 39.5 Å². The van der Waals surface area contributed by atoms with Crippen LogP contribution >= 0.6 is 11.8 Å². The summed E-state index contributed by atoms with van der Waals surface area (Å²) in [7, 11) is 0. The average molecular weight is 753 g/mol. The van der Waals surface area contributed by atoms with Crippen molar-refractivity contribution in [2.45, 2.75) is 194 Å². The number of aryl methyl sites for hydroxylation is 1. The van der Waals surface area contributed by atoms with E-state index >= 15 is 0 Å². The molecular weight excluding hydrogens is 681 g/mol. The van der Waals surface area contributed by atoms with Gasteiger partial charge in [0.15, 0.2) is 5.79 Å². The summed E-state index contributed by atoms with van der Waals surface area (Å²) in [6.45, 7) is 44.5. The molecule has 298 valence electrons. The first-order chi connectivity index (χ1) is 24.1. The highest BCUT2D eigenvalue weighted by molar-refractivity contribution is 7.99. The van der Waals surface area contributed by atoms with Crippen LogP contribution in [0.3, 0.4) is 0 Å². The van der Waals surface area contributed by atoms with Crippen molar-refractivity contribution < 1.29 is 14.9 Å². The average Bonchev–Trinajstić information content (AvgIpc) is 3.21. The highest BCUT2D eigenvalue weighted by Crippen LogP contribution is 2.52. The van der Waals surface area contributed by atoms with E-state index < -0.39 is 33.8 Å². The number of nitrogens with two attached hydrogens (primary N) is 1. The third-order valence-electron chi connectivity index (χ3n) is 13.9. The molecule has 0 spiro atoms. The van der Waals surface area contributed by atoms with E-state index in [-0.39, 0.29) is 12.1 Å². The smallest absolute Gasteiger partial charge is 0.161 e. The van der Waals surface area contributed by atoms with Gasteiger partial charge in [-0.3, -0.25) is 26.5 Å². The summed E-state index contributed by atoms with van der Waals surface area (Å²) in [4.78, 5) is 18.2. The molecule has 0 aliphatic carbocycles. The number of ether oxygens (including phenoxy) is 1. The van der Waals surface area contributed by atoms with E-state index in [9.17, 15) is 5.26 Å². The number of aliphatic imine (C=N–C) groups is 1. The molecule has 2 aliphatic heterocycles. The maximum Gasteiger partial charge on any atom is 0.161 e. The number of hydrogen-bond donors (Lipinski definition) is 4. The summed E-state index contributed by atoms with van der Waals surface area (Å²) in [5.41, 5.74) is 15.1. The number of piperazine rings is 1. The van der Waals surface area contributed by atoms with Gasteiger partial charge in [0.2, 0.25) is 0 Å². The molecule has 0 saturated carbocycles. The molecular formula is C43H72N6O3S. The fraction of sp³-hybridized carbons (Fsp3) is 0.698. The van der Waals surface area contributed by atoms with Crippen LogP contribution in [0.25, 0.3) is 0 Å². The standard InChI is InChI=1S/C43H72N6O3S/c1-21-45-42(20,51-40(16,17)41(18,19)52-50)39(14,15)48-31(10)38(12,13)49(43(44,32(48)11)46-22-2)37-34-28(7)26(5)27(6)30(9)36(34)53-35-29(8)25(4)24(3)23-33(35)47-37/h23,31-32,45-46,50H,21-22,44H2,1-20H3. The van der Waals surface area contributed by atoms with Gasteiger partial charge in [-0.05, 0) is 183 Å². The normalized spacial score (nSPS) is 23.7. The summed E-state index contributed by atoms with van der Waals surface area (Å²) in [5.74, 6) is -0.173. The number of benzene rings is 2. The quantitative estimate of drug-likeness (QED) is 0.108. The lowest BCUT2D eigenvalue weighted by Gasteiger charge is -2.69. The molecule has 0 amide bonds. The Kier molecular flexibility index (Phi) is 11.9. The van der Waals surface area contributed by atoms with Gasteiger partial charge in [0.05, 0.1) is 28.4 Å². The molecule has 1 fully saturated rings. The Labute approximate surface area is 326 Å². The van der Waals surface area contributed by atoms with E-state index in [1.54, 1.807) is 0 Å². The van der Waals surface area contributed by atoms with E-state index in [0.29, 0.717) is 13.1 Å². The van der Waals surface area contributed by atoms with Crippen LogP contribution in [0.4, 0.5) is 5.69 Å². The molecule has 2 heterocycles. The zero-order valence-corrected chi connectivity index (χ0v) is 37.6. The minimum atomic E-state index is -1.07. The molecule has 2 aromatic carbocycles. The van der Waals surface area contributed by atoms with E-state index in [4.69, 9.17) is 20.4 Å². The highest BCUT2D eigenvalue weighted by atomic mass is 32.2. The monoisotopic (exact) mass is 753 g/mol. The molecule has 9 nitrogen and oxygen atoms in total. The van der Waals surface area contributed by atoms with E-state index in [0.717, 1.165) is 17.1 Å². The zero-order valence-electron chi connectivity index (χ0n) is 36.7. The molecule has 0 radical (unpaired) electrons. The third kappa shape index (κ3) is 6.71. The van der Waals surface area contributed by atoms with Crippen molar-refractivity contribution in [3.63, 3.8) is 0 Å². The lowest BCUT2D eigenvalue weighted by molar-refractivity contribution is -0.372. The Balaban J connectivity index is 2.07. The molecule has 53 heavy (non-hydrogen) atoms. The first kappa shape index (κ1) is 43.7. The van der Waals surface area contributed by atoms with Crippen LogP contribution in [-0.2, 0) is 9.62 Å². The minimum absolute atomic E-state index is 0.0504. The fourth-order valence-corrected chi connectivity index (χ4v) is 10.1. The molecule has 4 atom stereocenters. The van der Waals surface area contributed by atoms with Crippen molar-refractivity contribution >= 4 is 23.3 Å². The van der Waals surface area contributed by atoms with Crippen LogP contribution in [0.1, 0.15) is 135 Å². The molecule has 2 aliphatic rings. The summed E-state index contributed by atoms with van der Waals surface area (Å²) < 4.78 is 7.12. The zero-order chi connectivity index (χ0) is 40.6. The van der Waals surface area contributed by atoms with Gasteiger partial charge in [-0.2, -0.15) is 0 Å². The number of amidine groups is 1. The van der Waals surface area contributed by atoms with Crippen molar-refractivity contribution in [1.29, 1.82) is 0 Å². The molecule has 2 aromatic rings. The molecule has 5 N–H and O–H groups in total. The number of nitrogens with zero attached hydrogens (tertiary/aromatic N) is 3. The van der Waals surface area contributed by atoms with Crippen LogP contribution in [0.15, 0.2) is 20.8 Å². The first-order valence-corrected chi connectivity index (χ1v) is 20.3. The molecule has 0 bridgehead atoms. The van der Waals surface area contributed by atoms with Gasteiger partial charge in [-0.25, -0.2) is 9.88 Å². The Hall–Kier alpha value is -2.02. The minimum Gasteiger partial charge on any atom is -0.350 e. The van der Waals surface area contributed by atoms with Crippen molar-refractivity contribution in [2.24, 2.45) is 10.7 Å². The lowest BCUT2D eigenvalue weighted by atomic mass is 9.76. The maximum absolute atomic E-state index is 9.95. The van der Waals surface area contributed by atoms with Gasteiger partial charge in [-0.1, -0.05) is 25.6 Å². The predicted octanol–water partition coefficient (Wildman–Crippen LogP) is 8.95. The van der Waals surface area contributed by atoms with E-state index in [1.165, 1.54) is 48.7 Å². The Bertz CT molecular complexity index is 1770. The third-order valence-corrected chi connectivity index (χ3v) is 15.4. The maximum atomic E-state index is 9.95. The molecule has 4 rings (SSSR count). The van der Waals surface area contributed by atoms with Crippen molar-refractivity contribution in [3.8, 4) is 0 Å². The second-order valence-electron chi connectivity index (χ2n) is 18.0. The molecule has 10 heteroatoms. The second-order valence-corrected chi connectivity index (χ2v) is 19.0. The van der Waals surface area contributed by atoms with Crippen molar-refractivity contribution in [2.75, 3.05) is 13.1 Å². The first-order valence-electron chi connectivity index (χ1n) is 19.5. The van der Waals surface area contributed by atoms with Gasteiger partial charge in [0, 0.05) is 21.4 Å². The Morgan fingerprint density at radius 2 is 1.36 bits per heavy atom. The predicted molar refractivity (Wildman–Crippen MR) is 223 cm³/mol. The molecule has 0 aromatic heterocycles. The number of rotatable bonds is 10. The van der Waals surface area contributed by atoms with Crippen LogP contribution in [0.2, 0.25) is 0 Å². The van der Waals surface area contributed by atoms with Crippen LogP contribution in [-0.4, -0.2) is 79.9 Å². The van der Waals surface area contributed by atoms with Gasteiger partial charge in [0.25, 0.3) is 0 Å². The van der Waals surface area contributed by atoms with Crippen LogP contribution < -0.4 is 16.4 Å². The summed E-state index contributed by atoms with van der Waals surface area (Å²) in [6.07, 6.45) is 0. The number of likely N-dealkylation sites (N-methyl/N-ethyl adjacent to an activating group) is 2. The lowest BCUT2D eigenvalue weighted by Crippen LogP contribution is -2.89. The SMILES string of the molecule is CCNC1(N)C(C)N(C(C)(C)C(C)(NCC)OC(C)(C)C(C)(C)OO)C(C)C(C)(C)N1C1=Nc2cc(C)c(C)c(C)c2Sc2c(C)c(C)c(C)c(C)c21. The number of hydrogen-bond acceptors (Lipinski definition) is 10. The highest BCUT2D eigenvalue weighted by Gasteiger charge is 2.64. The summed E-state index contributed by atoms with van der Waals surface area (Å²) in [5, 5.41) is 17.5. The summed E-state index contributed by atoms with van der Waals surface area (Å²) >= 11 is 1.86. The van der Waals surface area contributed by atoms with Gasteiger partial charge in [0.1, 0.15) is 17.2 Å². The molecule has 4 unspecified atom stereocenters.